The van der Waals surface area contributed by atoms with Crippen LogP contribution in [-0.2, 0) is 0 Å². The highest BCUT2D eigenvalue weighted by atomic mass is 19.1. The first-order chi connectivity index (χ1) is 8.94. The van der Waals surface area contributed by atoms with Crippen LogP contribution in [0.3, 0.4) is 0 Å². The monoisotopic (exact) mass is 267 g/mol. The fourth-order valence-electron chi connectivity index (χ4n) is 3.35. The summed E-state index contributed by atoms with van der Waals surface area (Å²) in [4.78, 5) is 0. The second-order valence-electron chi connectivity index (χ2n) is 6.47. The van der Waals surface area contributed by atoms with E-state index in [-0.39, 0.29) is 16.9 Å². The lowest BCUT2D eigenvalue weighted by Gasteiger charge is -2.41. The number of nitrogens with one attached hydrogen (secondary N) is 1. The summed E-state index contributed by atoms with van der Waals surface area (Å²) in [6.07, 6.45) is 2.98. The van der Waals surface area contributed by atoms with Crippen molar-refractivity contribution in [3.8, 4) is 0 Å². The van der Waals surface area contributed by atoms with Crippen molar-refractivity contribution in [1.82, 2.24) is 5.32 Å². The molecule has 0 aliphatic heterocycles. The summed E-state index contributed by atoms with van der Waals surface area (Å²) in [5.41, 5.74) is 0.444. The van der Waals surface area contributed by atoms with Crippen LogP contribution in [0.15, 0.2) is 18.2 Å². The molecule has 1 aromatic rings. The van der Waals surface area contributed by atoms with E-state index in [1.165, 1.54) is 18.2 Å². The van der Waals surface area contributed by atoms with Gasteiger partial charge in [-0.25, -0.2) is 8.78 Å². The molecule has 1 fully saturated rings. The topological polar surface area (TPSA) is 12.0 Å². The standard InChI is InChI=1S/C16H23F2N/c1-16(2)8-7-11(10-19-3)12(9-16)15-13(17)5-4-6-14(15)18/h4-6,11-12,19H,7-10H2,1-3H3. The highest BCUT2D eigenvalue weighted by Gasteiger charge is 2.37. The van der Waals surface area contributed by atoms with E-state index < -0.39 is 11.6 Å². The van der Waals surface area contributed by atoms with Gasteiger partial charge in [-0.3, -0.25) is 0 Å². The number of hydrogen-bond acceptors (Lipinski definition) is 1. The second kappa shape index (κ2) is 5.58. The normalized spacial score (nSPS) is 26.4. The Bertz CT molecular complexity index is 422. The molecule has 0 spiro atoms. The summed E-state index contributed by atoms with van der Waals surface area (Å²) in [7, 11) is 1.90. The average molecular weight is 267 g/mol. The van der Waals surface area contributed by atoms with Gasteiger partial charge in [-0.05, 0) is 62.2 Å². The molecule has 1 nitrogen and oxygen atoms in total. The maximum absolute atomic E-state index is 14.0. The van der Waals surface area contributed by atoms with Gasteiger partial charge in [0, 0.05) is 5.56 Å². The van der Waals surface area contributed by atoms with Crippen LogP contribution in [0.2, 0.25) is 0 Å². The van der Waals surface area contributed by atoms with Gasteiger partial charge in [0.2, 0.25) is 0 Å². The number of benzene rings is 1. The molecule has 0 saturated heterocycles. The van der Waals surface area contributed by atoms with Crippen LogP contribution in [0, 0.1) is 23.0 Å². The summed E-state index contributed by atoms with van der Waals surface area (Å²) in [5.74, 6) is -0.519. The molecule has 0 radical (unpaired) electrons. The number of hydrogen-bond donors (Lipinski definition) is 1. The van der Waals surface area contributed by atoms with Gasteiger partial charge in [0.25, 0.3) is 0 Å². The van der Waals surface area contributed by atoms with E-state index in [1.807, 2.05) is 7.05 Å². The Labute approximate surface area is 114 Å². The molecule has 2 atom stereocenters. The first-order valence-electron chi connectivity index (χ1n) is 7.03. The fourth-order valence-corrected chi connectivity index (χ4v) is 3.35. The zero-order chi connectivity index (χ0) is 14.0. The lowest BCUT2D eigenvalue weighted by Crippen LogP contribution is -2.34. The van der Waals surface area contributed by atoms with Crippen LogP contribution >= 0.6 is 0 Å². The SMILES string of the molecule is CNCC1CCC(C)(C)CC1c1c(F)cccc1F. The second-order valence-corrected chi connectivity index (χ2v) is 6.47. The minimum atomic E-state index is -0.399. The highest BCUT2D eigenvalue weighted by Crippen LogP contribution is 2.47. The zero-order valence-corrected chi connectivity index (χ0v) is 12.0. The fraction of sp³-hybridized carbons (Fsp3) is 0.625. The summed E-state index contributed by atoms with van der Waals surface area (Å²) < 4.78 is 28.1. The van der Waals surface area contributed by atoms with E-state index in [0.29, 0.717) is 5.92 Å². The van der Waals surface area contributed by atoms with Gasteiger partial charge < -0.3 is 5.32 Å². The Morgan fingerprint density at radius 1 is 1.26 bits per heavy atom. The van der Waals surface area contributed by atoms with Crippen molar-refractivity contribution in [3.63, 3.8) is 0 Å². The van der Waals surface area contributed by atoms with Crippen molar-refractivity contribution in [2.75, 3.05) is 13.6 Å². The lowest BCUT2D eigenvalue weighted by atomic mass is 9.65. The van der Waals surface area contributed by atoms with Crippen LogP contribution in [0.4, 0.5) is 8.78 Å². The van der Waals surface area contributed by atoms with Gasteiger partial charge >= 0.3 is 0 Å². The van der Waals surface area contributed by atoms with Gasteiger partial charge in [-0.15, -0.1) is 0 Å². The maximum atomic E-state index is 14.0. The Balaban J connectivity index is 2.36. The smallest absolute Gasteiger partial charge is 0.129 e. The van der Waals surface area contributed by atoms with Crippen molar-refractivity contribution in [2.24, 2.45) is 11.3 Å². The van der Waals surface area contributed by atoms with Crippen molar-refractivity contribution < 1.29 is 8.78 Å². The van der Waals surface area contributed by atoms with Crippen molar-refractivity contribution in [3.05, 3.63) is 35.4 Å². The quantitative estimate of drug-likeness (QED) is 0.869. The first-order valence-corrected chi connectivity index (χ1v) is 7.03. The predicted octanol–water partition coefficient (Wildman–Crippen LogP) is 4.09. The van der Waals surface area contributed by atoms with Gasteiger partial charge in [0.15, 0.2) is 0 Å². The third kappa shape index (κ3) is 3.14. The Morgan fingerprint density at radius 2 is 1.89 bits per heavy atom. The zero-order valence-electron chi connectivity index (χ0n) is 12.0. The Morgan fingerprint density at radius 3 is 2.47 bits per heavy atom. The van der Waals surface area contributed by atoms with Crippen LogP contribution < -0.4 is 5.32 Å². The number of rotatable bonds is 3. The summed E-state index contributed by atoms with van der Waals surface area (Å²) >= 11 is 0. The van der Waals surface area contributed by atoms with Crippen LogP contribution in [0.25, 0.3) is 0 Å². The molecule has 0 aromatic heterocycles. The molecule has 0 heterocycles. The predicted molar refractivity (Wildman–Crippen MR) is 74.1 cm³/mol. The summed E-state index contributed by atoms with van der Waals surface area (Å²) in [6, 6.07) is 4.18. The largest absolute Gasteiger partial charge is 0.319 e. The number of halogens is 2. The van der Waals surface area contributed by atoms with Crippen LogP contribution in [0.5, 0.6) is 0 Å². The molecule has 3 heteroatoms. The van der Waals surface area contributed by atoms with E-state index in [9.17, 15) is 8.78 Å². The van der Waals surface area contributed by atoms with Crippen LogP contribution in [0.1, 0.15) is 44.6 Å². The van der Waals surface area contributed by atoms with E-state index in [2.05, 4.69) is 19.2 Å². The van der Waals surface area contributed by atoms with E-state index >= 15 is 0 Å². The molecule has 2 rings (SSSR count). The minimum absolute atomic E-state index is 0.0302. The van der Waals surface area contributed by atoms with Crippen LogP contribution in [-0.4, -0.2) is 13.6 Å². The molecular weight excluding hydrogens is 244 g/mol. The van der Waals surface area contributed by atoms with Gasteiger partial charge in [-0.1, -0.05) is 19.9 Å². The molecule has 0 bridgehead atoms. The van der Waals surface area contributed by atoms with Gasteiger partial charge in [0.1, 0.15) is 11.6 Å². The average Bonchev–Trinajstić information content (AvgIpc) is 2.32. The molecular formula is C16H23F2N. The summed E-state index contributed by atoms with van der Waals surface area (Å²) in [6.45, 7) is 5.19. The molecule has 1 aliphatic carbocycles. The molecule has 1 N–H and O–H groups in total. The first kappa shape index (κ1) is 14.4. The van der Waals surface area contributed by atoms with E-state index in [4.69, 9.17) is 0 Å². The summed E-state index contributed by atoms with van der Waals surface area (Å²) in [5, 5.41) is 3.16. The highest BCUT2D eigenvalue weighted by molar-refractivity contribution is 5.25. The molecule has 1 aliphatic rings. The van der Waals surface area contributed by atoms with E-state index in [0.717, 1.165) is 25.8 Å². The molecule has 2 unspecified atom stereocenters. The van der Waals surface area contributed by atoms with Crippen molar-refractivity contribution in [2.45, 2.75) is 39.0 Å². The maximum Gasteiger partial charge on any atom is 0.129 e. The third-order valence-corrected chi connectivity index (χ3v) is 4.37. The molecule has 106 valence electrons. The Kier molecular flexibility index (Phi) is 4.24. The molecule has 1 saturated carbocycles. The molecule has 19 heavy (non-hydrogen) atoms. The Hall–Kier alpha value is -0.960. The van der Waals surface area contributed by atoms with E-state index in [1.54, 1.807) is 0 Å². The molecule has 0 amide bonds. The van der Waals surface area contributed by atoms with Crippen molar-refractivity contribution >= 4 is 0 Å². The molecule has 1 aromatic carbocycles. The van der Waals surface area contributed by atoms with Gasteiger partial charge in [0.05, 0.1) is 0 Å². The van der Waals surface area contributed by atoms with Crippen molar-refractivity contribution in [1.29, 1.82) is 0 Å². The minimum Gasteiger partial charge on any atom is -0.319 e. The third-order valence-electron chi connectivity index (χ3n) is 4.37. The lowest BCUT2D eigenvalue weighted by molar-refractivity contribution is 0.156. The van der Waals surface area contributed by atoms with Gasteiger partial charge in [-0.2, -0.15) is 0 Å².